The largest absolute Gasteiger partial charge is 0.490 e. The predicted octanol–water partition coefficient (Wildman–Crippen LogP) is 3.39. The number of amides is 1. The van der Waals surface area contributed by atoms with Crippen molar-refractivity contribution < 1.29 is 14.3 Å². The lowest BCUT2D eigenvalue weighted by Gasteiger charge is -2.34. The van der Waals surface area contributed by atoms with Crippen LogP contribution < -0.4 is 20.5 Å². The van der Waals surface area contributed by atoms with Crippen LogP contribution in [0.25, 0.3) is 11.3 Å². The Kier molecular flexibility index (Phi) is 5.26. The molecule has 2 aliphatic carbocycles. The van der Waals surface area contributed by atoms with Crippen molar-refractivity contribution in [2.45, 2.75) is 53.0 Å². The van der Waals surface area contributed by atoms with Crippen LogP contribution in [0.2, 0.25) is 0 Å². The first kappa shape index (κ1) is 21.7. The van der Waals surface area contributed by atoms with Crippen LogP contribution in [-0.2, 0) is 11.3 Å². The number of hydrogen-bond donors (Lipinski definition) is 1. The average molecular weight is 451 g/mol. The molecule has 1 aromatic carbocycles. The van der Waals surface area contributed by atoms with Crippen molar-refractivity contribution >= 4 is 11.6 Å². The zero-order valence-electron chi connectivity index (χ0n) is 19.4. The zero-order chi connectivity index (χ0) is 23.2. The van der Waals surface area contributed by atoms with E-state index in [1.54, 1.807) is 6.07 Å². The first-order valence-electron chi connectivity index (χ1n) is 11.6. The summed E-state index contributed by atoms with van der Waals surface area (Å²) in [5.41, 5.74) is 4.93. The number of carbonyl (C=O) groups is 1. The number of rotatable bonds is 4. The van der Waals surface area contributed by atoms with E-state index in [2.05, 4.69) is 36.4 Å². The van der Waals surface area contributed by atoms with Gasteiger partial charge in [0.2, 0.25) is 0 Å². The van der Waals surface area contributed by atoms with Gasteiger partial charge in [-0.3, -0.25) is 9.59 Å². The van der Waals surface area contributed by atoms with Crippen molar-refractivity contribution in [3.8, 4) is 22.8 Å². The molecule has 3 aliphatic rings. The highest BCUT2D eigenvalue weighted by Crippen LogP contribution is 2.63. The SMILES string of the molecule is CC12CCC(C/C1=N\NC(=O)Cn1nc(-c3ccc4c(c3)OCCCO4)ccc1=O)C2(C)C. The topological polar surface area (TPSA) is 94.8 Å². The second-order valence-corrected chi connectivity index (χ2v) is 10.0. The van der Waals surface area contributed by atoms with Gasteiger partial charge >= 0.3 is 0 Å². The Labute approximate surface area is 193 Å². The maximum atomic E-state index is 12.6. The van der Waals surface area contributed by atoms with Gasteiger partial charge in [0.15, 0.2) is 11.5 Å². The molecule has 2 heterocycles. The van der Waals surface area contributed by atoms with Gasteiger partial charge in [0.05, 0.1) is 18.9 Å². The molecule has 2 fully saturated rings. The number of hydrogen-bond acceptors (Lipinski definition) is 6. The number of fused-ring (bicyclic) bond motifs is 3. The Balaban J connectivity index is 1.32. The van der Waals surface area contributed by atoms with E-state index < -0.39 is 0 Å². The van der Waals surface area contributed by atoms with Gasteiger partial charge in [0, 0.05) is 29.2 Å². The van der Waals surface area contributed by atoms with Crippen molar-refractivity contribution in [3.63, 3.8) is 0 Å². The number of carbonyl (C=O) groups excluding carboxylic acids is 1. The summed E-state index contributed by atoms with van der Waals surface area (Å²) in [5.74, 6) is 1.59. The summed E-state index contributed by atoms with van der Waals surface area (Å²) in [5, 5.41) is 8.89. The maximum absolute atomic E-state index is 12.6. The van der Waals surface area contributed by atoms with E-state index >= 15 is 0 Å². The highest BCUT2D eigenvalue weighted by atomic mass is 16.5. The van der Waals surface area contributed by atoms with Crippen LogP contribution in [0.3, 0.4) is 0 Å². The second-order valence-electron chi connectivity index (χ2n) is 10.0. The van der Waals surface area contributed by atoms with Gasteiger partial charge in [-0.05, 0) is 54.9 Å². The molecule has 0 saturated heterocycles. The van der Waals surface area contributed by atoms with E-state index in [9.17, 15) is 9.59 Å². The number of benzene rings is 1. The van der Waals surface area contributed by atoms with Gasteiger partial charge in [0.1, 0.15) is 6.54 Å². The fraction of sp³-hybridized carbons (Fsp3) is 0.520. The van der Waals surface area contributed by atoms with E-state index in [0.717, 1.165) is 30.5 Å². The minimum absolute atomic E-state index is 0.0110. The Hall–Kier alpha value is -3.16. The van der Waals surface area contributed by atoms with Crippen LogP contribution in [0.1, 0.15) is 46.5 Å². The van der Waals surface area contributed by atoms with E-state index in [0.29, 0.717) is 36.3 Å². The van der Waals surface area contributed by atoms with Gasteiger partial charge in [0.25, 0.3) is 11.5 Å². The predicted molar refractivity (Wildman–Crippen MR) is 124 cm³/mol. The molecule has 8 heteroatoms. The Morgan fingerprint density at radius 3 is 2.70 bits per heavy atom. The van der Waals surface area contributed by atoms with Crippen LogP contribution in [0.5, 0.6) is 11.5 Å². The number of ether oxygens (including phenoxy) is 2. The molecule has 8 nitrogen and oxygen atoms in total. The molecule has 1 amide bonds. The third-order valence-electron chi connectivity index (χ3n) is 8.03. The lowest BCUT2D eigenvalue weighted by atomic mass is 9.70. The fourth-order valence-corrected chi connectivity index (χ4v) is 5.44. The van der Waals surface area contributed by atoms with Gasteiger partial charge in [-0.1, -0.05) is 20.8 Å². The molecular formula is C25H30N4O4. The molecule has 2 saturated carbocycles. The molecule has 0 radical (unpaired) electrons. The highest BCUT2D eigenvalue weighted by molar-refractivity contribution is 5.95. The first-order chi connectivity index (χ1) is 15.8. The van der Waals surface area contributed by atoms with Gasteiger partial charge in [-0.15, -0.1) is 0 Å². The molecule has 5 rings (SSSR count). The average Bonchev–Trinajstić information content (AvgIpc) is 3.02. The summed E-state index contributed by atoms with van der Waals surface area (Å²) < 4.78 is 12.6. The second kappa shape index (κ2) is 8.01. The Bertz CT molecular complexity index is 1190. The van der Waals surface area contributed by atoms with Crippen LogP contribution in [0.4, 0.5) is 0 Å². The standard InChI is InChI=1S/C25H30N4O4/c1-24(2)17-9-10-25(24,3)21(14-17)26-27-22(30)15-29-23(31)8-6-18(28-29)16-5-7-19-20(13-16)33-12-4-11-32-19/h5-8,13,17H,4,9-12,14-15H2,1-3H3,(H,27,30)/b26-21+. The molecule has 1 aliphatic heterocycles. The molecule has 2 atom stereocenters. The van der Waals surface area contributed by atoms with E-state index in [4.69, 9.17) is 9.47 Å². The molecule has 2 aromatic rings. The van der Waals surface area contributed by atoms with Crippen molar-refractivity contribution in [1.82, 2.24) is 15.2 Å². The molecule has 174 valence electrons. The molecule has 0 spiro atoms. The number of hydrazone groups is 1. The third-order valence-corrected chi connectivity index (χ3v) is 8.03. The van der Waals surface area contributed by atoms with Crippen molar-refractivity contribution in [1.29, 1.82) is 0 Å². The Morgan fingerprint density at radius 2 is 1.97 bits per heavy atom. The number of nitrogens with one attached hydrogen (secondary N) is 1. The zero-order valence-corrected chi connectivity index (χ0v) is 19.4. The summed E-state index contributed by atoms with van der Waals surface area (Å²) in [7, 11) is 0. The third kappa shape index (κ3) is 3.71. The van der Waals surface area contributed by atoms with Crippen LogP contribution in [-0.4, -0.2) is 34.6 Å². The number of aromatic nitrogens is 2. The van der Waals surface area contributed by atoms with Gasteiger partial charge < -0.3 is 9.47 Å². The molecule has 1 aromatic heterocycles. The van der Waals surface area contributed by atoms with E-state index in [1.807, 2.05) is 18.2 Å². The minimum atomic E-state index is -0.364. The lowest BCUT2D eigenvalue weighted by molar-refractivity contribution is -0.121. The smallest absolute Gasteiger partial charge is 0.267 e. The van der Waals surface area contributed by atoms with Crippen molar-refractivity contribution in [2.75, 3.05) is 13.2 Å². The molecule has 2 bridgehead atoms. The first-order valence-corrected chi connectivity index (χ1v) is 11.6. The maximum Gasteiger partial charge on any atom is 0.267 e. The summed E-state index contributed by atoms with van der Waals surface area (Å²) in [6.07, 6.45) is 4.05. The van der Waals surface area contributed by atoms with E-state index in [1.165, 1.54) is 17.2 Å². The van der Waals surface area contributed by atoms with Crippen LogP contribution in [0.15, 0.2) is 40.2 Å². The normalized spacial score (nSPS) is 26.3. The summed E-state index contributed by atoms with van der Waals surface area (Å²) in [6.45, 7) is 7.84. The van der Waals surface area contributed by atoms with Crippen molar-refractivity contribution in [3.05, 3.63) is 40.7 Å². The van der Waals surface area contributed by atoms with Crippen LogP contribution >= 0.6 is 0 Å². The summed E-state index contributed by atoms with van der Waals surface area (Å²) in [6, 6.07) is 8.63. The minimum Gasteiger partial charge on any atom is -0.490 e. The summed E-state index contributed by atoms with van der Waals surface area (Å²) >= 11 is 0. The van der Waals surface area contributed by atoms with E-state index in [-0.39, 0.29) is 28.8 Å². The summed E-state index contributed by atoms with van der Waals surface area (Å²) in [4.78, 5) is 25.0. The van der Waals surface area contributed by atoms with Gasteiger partial charge in [-0.2, -0.15) is 10.2 Å². The quantitative estimate of drug-likeness (QED) is 0.721. The highest BCUT2D eigenvalue weighted by Gasteiger charge is 2.60. The fourth-order valence-electron chi connectivity index (χ4n) is 5.44. The molecule has 2 unspecified atom stereocenters. The lowest BCUT2D eigenvalue weighted by Crippen LogP contribution is -2.35. The molecular weight excluding hydrogens is 420 g/mol. The monoisotopic (exact) mass is 450 g/mol. The van der Waals surface area contributed by atoms with Crippen LogP contribution in [0, 0.1) is 16.7 Å². The molecule has 33 heavy (non-hydrogen) atoms. The van der Waals surface area contributed by atoms with Gasteiger partial charge in [-0.25, -0.2) is 10.1 Å². The molecule has 1 N–H and O–H groups in total. The van der Waals surface area contributed by atoms with Crippen molar-refractivity contribution in [2.24, 2.45) is 21.8 Å². The Morgan fingerprint density at radius 1 is 1.18 bits per heavy atom. The number of nitrogens with zero attached hydrogens (tertiary/aromatic N) is 3.